The fraction of sp³-hybridized carbons (Fsp3) is 0.143. The highest BCUT2D eigenvalue weighted by atomic mass is 32.2. The van der Waals surface area contributed by atoms with E-state index in [4.69, 9.17) is 0 Å². The molecule has 146 valence electrons. The van der Waals surface area contributed by atoms with Gasteiger partial charge in [-0.2, -0.15) is 0 Å². The summed E-state index contributed by atoms with van der Waals surface area (Å²) in [5.74, 6) is -3.13. The number of thioether (sulfide) groups is 1. The molecule has 0 bridgehead atoms. The summed E-state index contributed by atoms with van der Waals surface area (Å²) in [7, 11) is 0. The van der Waals surface area contributed by atoms with Crippen LogP contribution in [0.2, 0.25) is 0 Å². The van der Waals surface area contributed by atoms with E-state index >= 15 is 0 Å². The summed E-state index contributed by atoms with van der Waals surface area (Å²) in [5.41, 5.74) is 0.624. The number of aliphatic hydroxyl groups excluding tert-OH is 2. The molecule has 2 heterocycles. The lowest BCUT2D eigenvalue weighted by molar-refractivity contribution is -0.141. The monoisotopic (exact) mass is 408 g/mol. The van der Waals surface area contributed by atoms with Crippen molar-refractivity contribution in [3.8, 4) is 0 Å². The van der Waals surface area contributed by atoms with E-state index in [1.165, 1.54) is 0 Å². The van der Waals surface area contributed by atoms with E-state index in [1.54, 1.807) is 54.6 Å². The predicted octanol–water partition coefficient (Wildman–Crippen LogP) is 1.78. The van der Waals surface area contributed by atoms with Crippen LogP contribution in [0.5, 0.6) is 0 Å². The lowest BCUT2D eigenvalue weighted by Crippen LogP contribution is -2.49. The molecular formula is C21H16N2O5S. The van der Waals surface area contributed by atoms with Crippen LogP contribution in [-0.2, 0) is 14.4 Å². The third-order valence-electron chi connectivity index (χ3n) is 4.75. The van der Waals surface area contributed by atoms with E-state index in [0.29, 0.717) is 16.2 Å². The van der Waals surface area contributed by atoms with Crippen molar-refractivity contribution >= 4 is 40.2 Å². The predicted molar refractivity (Wildman–Crippen MR) is 108 cm³/mol. The fourth-order valence-corrected chi connectivity index (χ4v) is 4.81. The first-order chi connectivity index (χ1) is 14.0. The Morgan fingerprint density at radius 2 is 1.62 bits per heavy atom. The van der Waals surface area contributed by atoms with Crippen molar-refractivity contribution in [1.29, 1.82) is 0 Å². The average molecular weight is 408 g/mol. The number of ketones is 1. The zero-order valence-electron chi connectivity index (χ0n) is 15.1. The van der Waals surface area contributed by atoms with Gasteiger partial charge in [-0.1, -0.05) is 72.4 Å². The van der Waals surface area contributed by atoms with Gasteiger partial charge in [0.1, 0.15) is 10.8 Å². The Kier molecular flexibility index (Phi) is 4.81. The molecule has 1 atom stereocenters. The van der Waals surface area contributed by atoms with Crippen molar-refractivity contribution in [3.63, 3.8) is 0 Å². The number of likely N-dealkylation sites (tertiary alicyclic amines) is 1. The summed E-state index contributed by atoms with van der Waals surface area (Å²) in [6.07, 6.45) is 0. The van der Waals surface area contributed by atoms with Crippen LogP contribution in [0.4, 0.5) is 0 Å². The number of rotatable bonds is 4. The van der Waals surface area contributed by atoms with Crippen LogP contribution in [0.1, 0.15) is 11.1 Å². The van der Waals surface area contributed by atoms with E-state index in [1.807, 2.05) is 6.07 Å². The molecule has 4 rings (SSSR count). The molecule has 0 radical (unpaired) electrons. The number of Topliss-reactive ketones (excluding diaryl/α,β-unsaturated/α-hetero) is 1. The van der Waals surface area contributed by atoms with Gasteiger partial charge in [0.05, 0.1) is 12.2 Å². The number of amides is 2. The first-order valence-electron chi connectivity index (χ1n) is 8.84. The molecule has 7 nitrogen and oxygen atoms in total. The van der Waals surface area contributed by atoms with Crippen LogP contribution in [0.25, 0.3) is 5.76 Å². The van der Waals surface area contributed by atoms with Crippen molar-refractivity contribution in [1.82, 2.24) is 4.90 Å². The number of benzene rings is 2. The minimum absolute atomic E-state index is 0.244. The Morgan fingerprint density at radius 1 is 1.00 bits per heavy atom. The molecule has 2 N–H and O–H groups in total. The summed E-state index contributed by atoms with van der Waals surface area (Å²) in [6.45, 7) is -0.693. The largest absolute Gasteiger partial charge is 0.507 e. The Labute approximate surface area is 170 Å². The molecule has 8 heteroatoms. The summed E-state index contributed by atoms with van der Waals surface area (Å²) in [4.78, 5) is 41.9. The SMILES string of the molecule is O=C1C(=O)N(CCO)C2(SC(c3ccccc3)=NC2=O)/C1=C(\O)c1ccccc1. The number of carbonyl (C=O) groups excluding carboxylic acids is 3. The molecule has 1 unspecified atom stereocenters. The van der Waals surface area contributed by atoms with Crippen molar-refractivity contribution in [2.75, 3.05) is 13.2 Å². The maximum absolute atomic E-state index is 13.1. The summed E-state index contributed by atoms with van der Waals surface area (Å²) >= 11 is 0.924. The van der Waals surface area contributed by atoms with Crippen LogP contribution < -0.4 is 0 Å². The van der Waals surface area contributed by atoms with Gasteiger partial charge in [-0.25, -0.2) is 4.99 Å². The first kappa shape index (κ1) is 19.1. The second-order valence-electron chi connectivity index (χ2n) is 6.43. The lowest BCUT2D eigenvalue weighted by atomic mass is 10.00. The Balaban J connectivity index is 1.91. The van der Waals surface area contributed by atoms with Crippen LogP contribution in [0.3, 0.4) is 0 Å². The zero-order valence-corrected chi connectivity index (χ0v) is 15.9. The normalized spacial score (nSPS) is 23.1. The van der Waals surface area contributed by atoms with Crippen molar-refractivity contribution in [2.24, 2.45) is 4.99 Å². The summed E-state index contributed by atoms with van der Waals surface area (Å²) in [6, 6.07) is 17.1. The Hall–Kier alpha value is -3.23. The second-order valence-corrected chi connectivity index (χ2v) is 7.62. The first-order valence-corrected chi connectivity index (χ1v) is 9.66. The van der Waals surface area contributed by atoms with Gasteiger partial charge >= 0.3 is 0 Å². The number of nitrogens with zero attached hydrogens (tertiary/aromatic N) is 2. The molecule has 2 aliphatic heterocycles. The minimum Gasteiger partial charge on any atom is -0.507 e. The maximum Gasteiger partial charge on any atom is 0.296 e. The Bertz CT molecular complexity index is 1060. The fourth-order valence-electron chi connectivity index (χ4n) is 3.44. The van der Waals surface area contributed by atoms with Gasteiger partial charge in [0.2, 0.25) is 4.87 Å². The molecular weight excluding hydrogens is 392 g/mol. The van der Waals surface area contributed by atoms with E-state index in [-0.39, 0.29) is 12.1 Å². The third-order valence-corrected chi connectivity index (χ3v) is 6.17. The molecule has 1 saturated heterocycles. The highest BCUT2D eigenvalue weighted by Gasteiger charge is 2.64. The zero-order chi connectivity index (χ0) is 20.6. The highest BCUT2D eigenvalue weighted by molar-refractivity contribution is 8.17. The van der Waals surface area contributed by atoms with Gasteiger partial charge in [0.15, 0.2) is 0 Å². The number of hydrogen-bond donors (Lipinski definition) is 2. The number of aliphatic imine (C=N–C) groups is 1. The third kappa shape index (κ3) is 2.88. The van der Waals surface area contributed by atoms with E-state index in [9.17, 15) is 24.6 Å². The Morgan fingerprint density at radius 3 is 2.24 bits per heavy atom. The van der Waals surface area contributed by atoms with Crippen LogP contribution >= 0.6 is 11.8 Å². The standard InChI is InChI=1S/C21H16N2O5S/c24-12-11-23-19(27)17(26)15(16(25)13-7-3-1-4-8-13)21(23)20(28)22-18(29-21)14-9-5-2-6-10-14/h1-10,24-25H,11-12H2/b16-15-. The number of hydrogen-bond acceptors (Lipinski definition) is 6. The highest BCUT2D eigenvalue weighted by Crippen LogP contribution is 2.50. The quantitative estimate of drug-likeness (QED) is 0.454. The average Bonchev–Trinajstić information content (AvgIpc) is 3.19. The van der Waals surface area contributed by atoms with Gasteiger partial charge in [-0.05, 0) is 0 Å². The van der Waals surface area contributed by atoms with Gasteiger partial charge in [0, 0.05) is 17.7 Å². The van der Waals surface area contributed by atoms with Crippen molar-refractivity contribution in [3.05, 3.63) is 77.4 Å². The smallest absolute Gasteiger partial charge is 0.296 e. The topological polar surface area (TPSA) is 107 Å². The molecule has 0 aromatic heterocycles. The number of carbonyl (C=O) groups is 3. The van der Waals surface area contributed by atoms with Crippen molar-refractivity contribution in [2.45, 2.75) is 4.87 Å². The second kappa shape index (κ2) is 7.31. The van der Waals surface area contributed by atoms with Crippen LogP contribution in [-0.4, -0.2) is 55.8 Å². The van der Waals surface area contributed by atoms with Gasteiger partial charge in [0.25, 0.3) is 17.6 Å². The van der Waals surface area contributed by atoms with E-state index in [0.717, 1.165) is 16.7 Å². The van der Waals surface area contributed by atoms with E-state index < -0.39 is 34.8 Å². The van der Waals surface area contributed by atoms with E-state index in [2.05, 4.69) is 4.99 Å². The van der Waals surface area contributed by atoms with Crippen LogP contribution in [0.15, 0.2) is 71.2 Å². The van der Waals surface area contributed by atoms with Gasteiger partial charge < -0.3 is 15.1 Å². The molecule has 2 aromatic rings. The molecule has 1 spiro atoms. The molecule has 2 amide bonds. The number of β-amino-alcohol motifs (C(OH)–C–C–N with tert-alkyl or cyclic N) is 1. The summed E-state index contributed by atoms with van der Waals surface area (Å²) < 4.78 is 0. The molecule has 1 fully saturated rings. The lowest BCUT2D eigenvalue weighted by Gasteiger charge is -2.31. The van der Waals surface area contributed by atoms with Gasteiger partial charge in [-0.15, -0.1) is 0 Å². The van der Waals surface area contributed by atoms with Gasteiger partial charge in [-0.3, -0.25) is 14.4 Å². The van der Waals surface area contributed by atoms with Crippen LogP contribution in [0, 0.1) is 0 Å². The molecule has 2 aliphatic rings. The number of aliphatic hydroxyl groups is 2. The molecule has 2 aromatic carbocycles. The molecule has 29 heavy (non-hydrogen) atoms. The molecule has 0 aliphatic carbocycles. The maximum atomic E-state index is 13.1. The molecule has 0 saturated carbocycles. The van der Waals surface area contributed by atoms with Crippen molar-refractivity contribution < 1.29 is 24.6 Å². The summed E-state index contributed by atoms with van der Waals surface area (Å²) in [5, 5.41) is 20.7. The minimum atomic E-state index is -1.85.